The van der Waals surface area contributed by atoms with Crippen LogP contribution in [0.25, 0.3) is 0 Å². The molecule has 0 radical (unpaired) electrons. The van der Waals surface area contributed by atoms with E-state index in [9.17, 15) is 9.59 Å². The van der Waals surface area contributed by atoms with E-state index >= 15 is 0 Å². The number of carbonyl (C=O) groups excluding carboxylic acids is 2. The highest BCUT2D eigenvalue weighted by Gasteiger charge is 2.23. The molecule has 1 saturated heterocycles. The van der Waals surface area contributed by atoms with E-state index in [2.05, 4.69) is 41.4 Å². The minimum atomic E-state index is -0.116. The van der Waals surface area contributed by atoms with Crippen molar-refractivity contribution < 1.29 is 14.3 Å². The van der Waals surface area contributed by atoms with Crippen LogP contribution in [0.3, 0.4) is 0 Å². The maximum absolute atomic E-state index is 12.3. The fraction of sp³-hybridized carbons (Fsp3) is 0.440. The van der Waals surface area contributed by atoms with Crippen molar-refractivity contribution in [2.45, 2.75) is 45.2 Å². The summed E-state index contributed by atoms with van der Waals surface area (Å²) in [7, 11) is 0. The van der Waals surface area contributed by atoms with Gasteiger partial charge in [0, 0.05) is 44.3 Å². The molecule has 164 valence electrons. The molecule has 1 fully saturated rings. The third-order valence-corrected chi connectivity index (χ3v) is 6.27. The number of anilines is 1. The summed E-state index contributed by atoms with van der Waals surface area (Å²) in [5, 5.41) is 3.03. The molecule has 6 nitrogen and oxygen atoms in total. The highest BCUT2D eigenvalue weighted by Crippen LogP contribution is 2.24. The van der Waals surface area contributed by atoms with Gasteiger partial charge in [-0.15, -0.1) is 0 Å². The quantitative estimate of drug-likeness (QED) is 0.711. The molecular weight excluding hydrogens is 390 g/mol. The first-order valence-corrected chi connectivity index (χ1v) is 11.2. The van der Waals surface area contributed by atoms with Gasteiger partial charge in [-0.25, -0.2) is 0 Å². The maximum Gasteiger partial charge on any atom is 0.257 e. The van der Waals surface area contributed by atoms with E-state index in [4.69, 9.17) is 4.74 Å². The minimum absolute atomic E-state index is 0.0126. The van der Waals surface area contributed by atoms with E-state index < -0.39 is 0 Å². The Labute approximate surface area is 184 Å². The number of nitrogens with zero attached hydrogens (tertiary/aromatic N) is 2. The number of nitrogens with one attached hydrogen (secondary N) is 1. The summed E-state index contributed by atoms with van der Waals surface area (Å²) < 4.78 is 5.64. The summed E-state index contributed by atoms with van der Waals surface area (Å²) in [6, 6.07) is 16.3. The lowest BCUT2D eigenvalue weighted by Crippen LogP contribution is -2.46. The van der Waals surface area contributed by atoms with Gasteiger partial charge in [0.05, 0.1) is 0 Å². The normalized spacial score (nSPS) is 17.3. The van der Waals surface area contributed by atoms with Gasteiger partial charge < -0.3 is 15.0 Å². The monoisotopic (exact) mass is 421 g/mol. The molecule has 0 aliphatic carbocycles. The second kappa shape index (κ2) is 9.96. The average Bonchev–Trinajstić information content (AvgIpc) is 3.24. The number of amides is 2. The molecule has 1 atom stereocenters. The first-order chi connectivity index (χ1) is 15.1. The standard InChI is InChI=1S/C25H31N3O3/c1-2-21(27-15-13-19-6-3-4-7-20(19)17-27)16-26-24(29)18-31-23-11-9-22(10-12-23)28-14-5-8-25(28)30/h3-4,6-7,9-12,21H,2,5,8,13-18H2,1H3,(H,26,29)/t21-/m1/s1. The Hall–Kier alpha value is -2.86. The van der Waals surface area contributed by atoms with Gasteiger partial charge >= 0.3 is 0 Å². The third kappa shape index (κ3) is 5.25. The van der Waals surface area contributed by atoms with Crippen LogP contribution in [0.4, 0.5) is 5.69 Å². The van der Waals surface area contributed by atoms with Gasteiger partial charge in [0.2, 0.25) is 5.91 Å². The van der Waals surface area contributed by atoms with Crippen LogP contribution in [0.5, 0.6) is 5.75 Å². The minimum Gasteiger partial charge on any atom is -0.484 e. The molecule has 0 aromatic heterocycles. The van der Waals surface area contributed by atoms with Gasteiger partial charge in [-0.05, 0) is 54.7 Å². The SMILES string of the molecule is CC[C@H](CNC(=O)COc1ccc(N2CCCC2=O)cc1)N1CCc2ccccc2C1. The van der Waals surface area contributed by atoms with Gasteiger partial charge in [-0.2, -0.15) is 0 Å². The average molecular weight is 422 g/mol. The highest BCUT2D eigenvalue weighted by atomic mass is 16.5. The Morgan fingerprint density at radius 1 is 1.06 bits per heavy atom. The zero-order valence-electron chi connectivity index (χ0n) is 18.2. The Kier molecular flexibility index (Phi) is 6.87. The van der Waals surface area contributed by atoms with E-state index in [1.807, 2.05) is 24.3 Å². The zero-order chi connectivity index (χ0) is 21.6. The molecule has 31 heavy (non-hydrogen) atoms. The van der Waals surface area contributed by atoms with Gasteiger partial charge in [0.25, 0.3) is 5.91 Å². The summed E-state index contributed by atoms with van der Waals surface area (Å²) in [6.45, 7) is 5.50. The molecule has 0 saturated carbocycles. The molecule has 0 bridgehead atoms. The molecular formula is C25H31N3O3. The number of ether oxygens (including phenoxy) is 1. The van der Waals surface area contributed by atoms with Crippen LogP contribution < -0.4 is 15.0 Å². The lowest BCUT2D eigenvalue weighted by molar-refractivity contribution is -0.123. The van der Waals surface area contributed by atoms with Crippen molar-refractivity contribution >= 4 is 17.5 Å². The summed E-state index contributed by atoms with van der Waals surface area (Å²) in [4.78, 5) is 28.4. The molecule has 2 amide bonds. The first kappa shape index (κ1) is 21.4. The van der Waals surface area contributed by atoms with E-state index in [0.717, 1.165) is 44.6 Å². The van der Waals surface area contributed by atoms with E-state index in [1.165, 1.54) is 11.1 Å². The van der Waals surface area contributed by atoms with Gasteiger partial charge in [0.1, 0.15) is 5.75 Å². The molecule has 2 aromatic rings. The Bertz CT molecular complexity index is 912. The lowest BCUT2D eigenvalue weighted by Gasteiger charge is -2.35. The number of fused-ring (bicyclic) bond motifs is 1. The molecule has 2 aromatic carbocycles. The zero-order valence-corrected chi connectivity index (χ0v) is 18.2. The first-order valence-electron chi connectivity index (χ1n) is 11.2. The third-order valence-electron chi connectivity index (χ3n) is 6.27. The van der Waals surface area contributed by atoms with Crippen molar-refractivity contribution in [2.75, 3.05) is 31.1 Å². The molecule has 6 heteroatoms. The summed E-state index contributed by atoms with van der Waals surface area (Å²) in [6.07, 6.45) is 3.56. The van der Waals surface area contributed by atoms with E-state index in [0.29, 0.717) is 24.8 Å². The van der Waals surface area contributed by atoms with Gasteiger partial charge in [-0.3, -0.25) is 14.5 Å². The smallest absolute Gasteiger partial charge is 0.257 e. The van der Waals surface area contributed by atoms with Crippen LogP contribution in [-0.4, -0.2) is 49.0 Å². The predicted molar refractivity (Wildman–Crippen MR) is 121 cm³/mol. The number of benzene rings is 2. The number of hydrogen-bond donors (Lipinski definition) is 1. The fourth-order valence-electron chi connectivity index (χ4n) is 4.44. The molecule has 0 spiro atoms. The Balaban J connectivity index is 1.23. The second-order valence-corrected chi connectivity index (χ2v) is 8.29. The maximum atomic E-state index is 12.3. The highest BCUT2D eigenvalue weighted by molar-refractivity contribution is 5.95. The molecule has 0 unspecified atom stereocenters. The Morgan fingerprint density at radius 2 is 1.84 bits per heavy atom. The van der Waals surface area contributed by atoms with Gasteiger partial charge in [-0.1, -0.05) is 31.2 Å². The predicted octanol–water partition coefficient (Wildman–Crippen LogP) is 3.15. The molecule has 4 rings (SSSR count). The summed E-state index contributed by atoms with van der Waals surface area (Å²) in [5.41, 5.74) is 3.71. The summed E-state index contributed by atoms with van der Waals surface area (Å²) in [5.74, 6) is 0.676. The van der Waals surface area contributed by atoms with Crippen molar-refractivity contribution in [3.63, 3.8) is 0 Å². The van der Waals surface area contributed by atoms with Crippen LogP contribution in [0, 0.1) is 0 Å². The number of carbonyl (C=O) groups is 2. The topological polar surface area (TPSA) is 61.9 Å². The van der Waals surface area contributed by atoms with Crippen molar-refractivity contribution in [1.82, 2.24) is 10.2 Å². The molecule has 2 aliphatic heterocycles. The largest absolute Gasteiger partial charge is 0.484 e. The molecule has 2 aliphatic rings. The van der Waals surface area contributed by atoms with Crippen LogP contribution in [0.2, 0.25) is 0 Å². The van der Waals surface area contributed by atoms with Crippen molar-refractivity contribution in [3.05, 3.63) is 59.7 Å². The van der Waals surface area contributed by atoms with Crippen LogP contribution in [0.1, 0.15) is 37.3 Å². The fourth-order valence-corrected chi connectivity index (χ4v) is 4.44. The van der Waals surface area contributed by atoms with Crippen LogP contribution >= 0.6 is 0 Å². The molecule has 2 heterocycles. The second-order valence-electron chi connectivity index (χ2n) is 8.29. The number of hydrogen-bond acceptors (Lipinski definition) is 4. The van der Waals surface area contributed by atoms with Crippen LogP contribution in [-0.2, 0) is 22.6 Å². The van der Waals surface area contributed by atoms with Crippen molar-refractivity contribution in [3.8, 4) is 5.75 Å². The van der Waals surface area contributed by atoms with E-state index in [-0.39, 0.29) is 18.4 Å². The summed E-state index contributed by atoms with van der Waals surface area (Å²) >= 11 is 0. The lowest BCUT2D eigenvalue weighted by atomic mass is 9.98. The molecule has 1 N–H and O–H groups in total. The van der Waals surface area contributed by atoms with Gasteiger partial charge in [0.15, 0.2) is 6.61 Å². The van der Waals surface area contributed by atoms with Crippen molar-refractivity contribution in [1.29, 1.82) is 0 Å². The van der Waals surface area contributed by atoms with E-state index in [1.54, 1.807) is 4.90 Å². The van der Waals surface area contributed by atoms with Crippen molar-refractivity contribution in [2.24, 2.45) is 0 Å². The Morgan fingerprint density at radius 3 is 2.55 bits per heavy atom. The number of rotatable bonds is 8. The van der Waals surface area contributed by atoms with Crippen LogP contribution in [0.15, 0.2) is 48.5 Å².